The van der Waals surface area contributed by atoms with Crippen molar-refractivity contribution >= 4 is 5.78 Å². The summed E-state index contributed by atoms with van der Waals surface area (Å²) in [5, 5.41) is 0. The highest BCUT2D eigenvalue weighted by Gasteiger charge is 2.47. The highest BCUT2D eigenvalue weighted by atomic mass is 19.4. The van der Waals surface area contributed by atoms with E-state index in [1.807, 2.05) is 6.07 Å². The summed E-state index contributed by atoms with van der Waals surface area (Å²) in [6.45, 7) is 0. The van der Waals surface area contributed by atoms with E-state index in [0.717, 1.165) is 37.7 Å². The fourth-order valence-electron chi connectivity index (χ4n) is 3.94. The highest BCUT2D eigenvalue weighted by molar-refractivity contribution is 6.05. The van der Waals surface area contributed by atoms with Crippen LogP contribution in [0.5, 0.6) is 0 Å². The van der Waals surface area contributed by atoms with E-state index < -0.39 is 12.6 Å². The third-order valence-corrected chi connectivity index (χ3v) is 5.35. The van der Waals surface area contributed by atoms with E-state index in [0.29, 0.717) is 11.1 Å². The van der Waals surface area contributed by atoms with Crippen LogP contribution in [0, 0.1) is 5.41 Å². The molecule has 0 radical (unpaired) electrons. The second kappa shape index (κ2) is 5.93. The van der Waals surface area contributed by atoms with Gasteiger partial charge in [0.2, 0.25) is 0 Å². The van der Waals surface area contributed by atoms with Crippen molar-refractivity contribution in [3.63, 3.8) is 0 Å². The predicted molar refractivity (Wildman–Crippen MR) is 80.6 cm³/mol. The zero-order valence-corrected chi connectivity index (χ0v) is 13.2. The Balaban J connectivity index is 1.75. The molecule has 0 bridgehead atoms. The van der Waals surface area contributed by atoms with Crippen LogP contribution in [0.1, 0.15) is 53.6 Å². The van der Waals surface area contributed by atoms with Gasteiger partial charge in [-0.15, -0.1) is 0 Å². The topological polar surface area (TPSA) is 26.3 Å². The maximum Gasteiger partial charge on any atom is 0.389 e. The first kappa shape index (κ1) is 16.5. The molecule has 0 atom stereocenters. The second-order valence-corrected chi connectivity index (χ2v) is 6.83. The van der Waals surface area contributed by atoms with Gasteiger partial charge in [0.05, 0.1) is 6.10 Å². The van der Waals surface area contributed by atoms with Crippen LogP contribution < -0.4 is 0 Å². The van der Waals surface area contributed by atoms with Crippen molar-refractivity contribution in [2.75, 3.05) is 7.11 Å². The Morgan fingerprint density at radius 1 is 1.26 bits per heavy atom. The molecule has 0 aliphatic heterocycles. The molecule has 0 N–H and O–H groups in total. The van der Waals surface area contributed by atoms with Crippen LogP contribution in [0.2, 0.25) is 0 Å². The van der Waals surface area contributed by atoms with Gasteiger partial charge in [0, 0.05) is 24.5 Å². The van der Waals surface area contributed by atoms with Crippen molar-refractivity contribution in [2.24, 2.45) is 5.41 Å². The summed E-state index contributed by atoms with van der Waals surface area (Å²) in [5.41, 5.74) is 1.87. The number of halogens is 3. The number of methoxy groups -OCH3 is 1. The van der Waals surface area contributed by atoms with Gasteiger partial charge in [-0.05, 0) is 55.7 Å². The molecule has 1 aromatic rings. The maximum absolute atomic E-state index is 12.9. The Hall–Kier alpha value is -1.36. The van der Waals surface area contributed by atoms with Gasteiger partial charge in [-0.3, -0.25) is 4.79 Å². The van der Waals surface area contributed by atoms with Gasteiger partial charge >= 0.3 is 6.18 Å². The minimum atomic E-state index is -4.16. The number of fused-ring (bicyclic) bond motifs is 1. The fraction of sp³-hybridized carbons (Fsp3) is 0.611. The van der Waals surface area contributed by atoms with Gasteiger partial charge in [-0.2, -0.15) is 13.2 Å². The lowest BCUT2D eigenvalue weighted by Crippen LogP contribution is -2.35. The highest BCUT2D eigenvalue weighted by Crippen LogP contribution is 2.47. The van der Waals surface area contributed by atoms with Crippen molar-refractivity contribution in [3.8, 4) is 0 Å². The first-order valence-corrected chi connectivity index (χ1v) is 8.09. The fourth-order valence-corrected chi connectivity index (χ4v) is 3.94. The molecule has 5 heteroatoms. The molecule has 0 unspecified atom stereocenters. The molecule has 1 aromatic carbocycles. The molecule has 1 spiro atoms. The van der Waals surface area contributed by atoms with E-state index >= 15 is 0 Å². The second-order valence-electron chi connectivity index (χ2n) is 6.83. The number of ketones is 1. The Kier molecular flexibility index (Phi) is 4.25. The number of rotatable bonds is 3. The van der Waals surface area contributed by atoms with Crippen molar-refractivity contribution in [1.29, 1.82) is 0 Å². The van der Waals surface area contributed by atoms with Gasteiger partial charge in [0.1, 0.15) is 0 Å². The molecule has 2 aliphatic carbocycles. The SMILES string of the molecule is COC1CCC2(CC1)Cc1ccc(CCC(F)(F)F)cc1C2=O. The first-order chi connectivity index (χ1) is 10.8. The van der Waals surface area contributed by atoms with Gasteiger partial charge in [0.25, 0.3) is 0 Å². The zero-order chi connectivity index (χ0) is 16.7. The van der Waals surface area contributed by atoms with Crippen molar-refractivity contribution in [2.45, 2.75) is 57.2 Å². The molecule has 1 saturated carbocycles. The van der Waals surface area contributed by atoms with Gasteiger partial charge < -0.3 is 4.74 Å². The molecular formula is C18H21F3O2. The summed E-state index contributed by atoms with van der Waals surface area (Å²) < 4.78 is 42.5. The molecule has 0 amide bonds. The Bertz CT molecular complexity index is 599. The van der Waals surface area contributed by atoms with Crippen LogP contribution in [-0.4, -0.2) is 25.2 Å². The molecule has 0 heterocycles. The molecule has 1 fully saturated rings. The van der Waals surface area contributed by atoms with E-state index in [1.54, 1.807) is 19.2 Å². The molecule has 0 aromatic heterocycles. The molecule has 2 nitrogen and oxygen atoms in total. The summed E-state index contributed by atoms with van der Waals surface area (Å²) in [7, 11) is 1.70. The molecule has 126 valence electrons. The largest absolute Gasteiger partial charge is 0.389 e. The minimum Gasteiger partial charge on any atom is -0.381 e. The van der Waals surface area contributed by atoms with E-state index in [9.17, 15) is 18.0 Å². The number of hydrogen-bond donors (Lipinski definition) is 0. The smallest absolute Gasteiger partial charge is 0.381 e. The van der Waals surface area contributed by atoms with E-state index in [-0.39, 0.29) is 23.7 Å². The van der Waals surface area contributed by atoms with Crippen molar-refractivity contribution in [3.05, 3.63) is 34.9 Å². The van der Waals surface area contributed by atoms with Crippen LogP contribution in [0.4, 0.5) is 13.2 Å². The molecule has 0 saturated heterocycles. The number of carbonyl (C=O) groups excluding carboxylic acids is 1. The number of Topliss-reactive ketones (excluding diaryl/α,β-unsaturated/α-hetero) is 1. The summed E-state index contributed by atoms with van der Waals surface area (Å²) in [6.07, 6.45) is -0.787. The van der Waals surface area contributed by atoms with Crippen molar-refractivity contribution in [1.82, 2.24) is 0 Å². The van der Waals surface area contributed by atoms with Crippen LogP contribution in [0.15, 0.2) is 18.2 Å². The number of aryl methyl sites for hydroxylation is 1. The number of carbonyl (C=O) groups is 1. The first-order valence-electron chi connectivity index (χ1n) is 8.09. The monoisotopic (exact) mass is 326 g/mol. The standard InChI is InChI=1S/C18H21F3O2/c1-23-14-5-7-17(8-6-14)11-13-3-2-12(4-9-18(19,20)21)10-15(13)16(17)22/h2-3,10,14H,4-9,11H2,1H3. The van der Waals surface area contributed by atoms with Crippen LogP contribution >= 0.6 is 0 Å². The number of ether oxygens (including phenoxy) is 1. The zero-order valence-electron chi connectivity index (χ0n) is 13.2. The Morgan fingerprint density at radius 2 is 1.96 bits per heavy atom. The minimum absolute atomic E-state index is 0.0667. The maximum atomic E-state index is 12.9. The Morgan fingerprint density at radius 3 is 2.57 bits per heavy atom. The molecule has 2 aliphatic rings. The number of alkyl halides is 3. The van der Waals surface area contributed by atoms with E-state index in [1.165, 1.54) is 0 Å². The van der Waals surface area contributed by atoms with Crippen molar-refractivity contribution < 1.29 is 22.7 Å². The third-order valence-electron chi connectivity index (χ3n) is 5.35. The Labute approximate surface area is 134 Å². The van der Waals surface area contributed by atoms with Gasteiger partial charge in [-0.1, -0.05) is 12.1 Å². The third kappa shape index (κ3) is 3.30. The predicted octanol–water partition coefficient (Wildman–Crippen LogP) is 4.50. The van der Waals surface area contributed by atoms with E-state index in [4.69, 9.17) is 4.74 Å². The van der Waals surface area contributed by atoms with Crippen LogP contribution in [-0.2, 0) is 17.6 Å². The summed E-state index contributed by atoms with van der Waals surface area (Å²) in [5.74, 6) is 0.121. The van der Waals surface area contributed by atoms with Crippen LogP contribution in [0.3, 0.4) is 0 Å². The number of benzene rings is 1. The average molecular weight is 326 g/mol. The van der Waals surface area contributed by atoms with Gasteiger partial charge in [-0.25, -0.2) is 0 Å². The average Bonchev–Trinajstić information content (AvgIpc) is 2.78. The molecule has 3 rings (SSSR count). The normalized spacial score (nSPS) is 27.5. The lowest BCUT2D eigenvalue weighted by Gasteiger charge is -2.35. The van der Waals surface area contributed by atoms with Crippen LogP contribution in [0.25, 0.3) is 0 Å². The molecular weight excluding hydrogens is 305 g/mol. The number of hydrogen-bond acceptors (Lipinski definition) is 2. The quantitative estimate of drug-likeness (QED) is 0.818. The van der Waals surface area contributed by atoms with Gasteiger partial charge in [0.15, 0.2) is 5.78 Å². The summed E-state index contributed by atoms with van der Waals surface area (Å²) in [4.78, 5) is 12.9. The summed E-state index contributed by atoms with van der Waals surface area (Å²) >= 11 is 0. The van der Waals surface area contributed by atoms with E-state index in [2.05, 4.69) is 0 Å². The summed E-state index contributed by atoms with van der Waals surface area (Å²) in [6, 6.07) is 5.26. The molecule has 23 heavy (non-hydrogen) atoms. The lowest BCUT2D eigenvalue weighted by atomic mass is 9.70. The lowest BCUT2D eigenvalue weighted by molar-refractivity contribution is -0.133.